The van der Waals surface area contributed by atoms with Crippen LogP contribution in [0, 0.1) is 0 Å². The highest BCUT2D eigenvalue weighted by molar-refractivity contribution is 5.17. The molecule has 1 aromatic rings. The normalized spacial score (nSPS) is 14.5. The third-order valence-corrected chi connectivity index (χ3v) is 2.18. The Hall–Kier alpha value is -1.17. The maximum atomic E-state index is 9.54. The van der Waals surface area contributed by atoms with E-state index in [-0.39, 0.29) is 6.61 Å². The van der Waals surface area contributed by atoms with E-state index >= 15 is 0 Å². The van der Waals surface area contributed by atoms with E-state index in [0.29, 0.717) is 19.0 Å². The summed E-state index contributed by atoms with van der Waals surface area (Å²) in [5.41, 5.74) is -0.0885. The number of aliphatic hydroxyl groups excluding tert-OH is 1. The summed E-state index contributed by atoms with van der Waals surface area (Å²) in [6.07, 6.45) is 1.71. The molecule has 0 spiro atoms. The minimum absolute atomic E-state index is 0.263. The van der Waals surface area contributed by atoms with Gasteiger partial charge in [0.05, 0.1) is 19.3 Å². The zero-order valence-electron chi connectivity index (χ0n) is 9.60. The molecule has 0 saturated heterocycles. The standard InChI is InChI=1S/C11H18N2O3/c1-11(15,8-14)7-12-5-9-3-4-10(16-2)13-6-9/h3-4,6,12,14-15H,5,7-8H2,1-2H3. The van der Waals surface area contributed by atoms with Gasteiger partial charge in [0.1, 0.15) is 0 Å². The van der Waals surface area contributed by atoms with E-state index < -0.39 is 5.60 Å². The summed E-state index contributed by atoms with van der Waals surface area (Å²) < 4.78 is 4.94. The van der Waals surface area contributed by atoms with Crippen LogP contribution in [-0.2, 0) is 6.54 Å². The summed E-state index contributed by atoms with van der Waals surface area (Å²) in [4.78, 5) is 4.06. The first kappa shape index (κ1) is 12.9. The molecule has 0 aliphatic heterocycles. The van der Waals surface area contributed by atoms with Crippen molar-refractivity contribution >= 4 is 0 Å². The molecule has 1 atom stereocenters. The predicted molar refractivity (Wildman–Crippen MR) is 60.2 cm³/mol. The van der Waals surface area contributed by atoms with E-state index in [4.69, 9.17) is 9.84 Å². The second kappa shape index (κ2) is 5.79. The van der Waals surface area contributed by atoms with Crippen molar-refractivity contribution in [2.45, 2.75) is 19.1 Å². The average molecular weight is 226 g/mol. The number of nitrogens with zero attached hydrogens (tertiary/aromatic N) is 1. The van der Waals surface area contributed by atoms with E-state index in [9.17, 15) is 5.11 Å². The van der Waals surface area contributed by atoms with Gasteiger partial charge in [-0.05, 0) is 12.5 Å². The highest BCUT2D eigenvalue weighted by atomic mass is 16.5. The van der Waals surface area contributed by atoms with E-state index in [1.54, 1.807) is 26.3 Å². The monoisotopic (exact) mass is 226 g/mol. The Bertz CT molecular complexity index is 312. The molecule has 0 aliphatic rings. The Labute approximate surface area is 95.1 Å². The van der Waals surface area contributed by atoms with Crippen LogP contribution in [-0.4, -0.2) is 41.1 Å². The van der Waals surface area contributed by atoms with Gasteiger partial charge in [-0.15, -0.1) is 0 Å². The summed E-state index contributed by atoms with van der Waals surface area (Å²) in [7, 11) is 1.57. The highest BCUT2D eigenvalue weighted by Gasteiger charge is 2.17. The number of ether oxygens (including phenoxy) is 1. The summed E-state index contributed by atoms with van der Waals surface area (Å²) >= 11 is 0. The van der Waals surface area contributed by atoms with Crippen molar-refractivity contribution in [1.29, 1.82) is 0 Å². The van der Waals surface area contributed by atoms with Crippen LogP contribution in [0.1, 0.15) is 12.5 Å². The molecule has 90 valence electrons. The molecule has 0 bridgehead atoms. The fourth-order valence-electron chi connectivity index (χ4n) is 1.17. The lowest BCUT2D eigenvalue weighted by Crippen LogP contribution is -2.40. The smallest absolute Gasteiger partial charge is 0.212 e. The van der Waals surface area contributed by atoms with Gasteiger partial charge >= 0.3 is 0 Å². The van der Waals surface area contributed by atoms with Crippen molar-refractivity contribution < 1.29 is 14.9 Å². The van der Waals surface area contributed by atoms with E-state index in [1.807, 2.05) is 6.07 Å². The Morgan fingerprint density at radius 3 is 2.75 bits per heavy atom. The second-order valence-corrected chi connectivity index (χ2v) is 3.97. The SMILES string of the molecule is COc1ccc(CNCC(C)(O)CO)cn1. The van der Waals surface area contributed by atoms with Crippen LogP contribution in [0.3, 0.4) is 0 Å². The number of nitrogens with one attached hydrogen (secondary N) is 1. The lowest BCUT2D eigenvalue weighted by molar-refractivity contribution is 0.00253. The van der Waals surface area contributed by atoms with Gasteiger partial charge in [-0.2, -0.15) is 0 Å². The van der Waals surface area contributed by atoms with Crippen LogP contribution in [0.2, 0.25) is 0 Å². The molecule has 0 fully saturated rings. The first-order valence-electron chi connectivity index (χ1n) is 5.10. The lowest BCUT2D eigenvalue weighted by Gasteiger charge is -2.20. The number of methoxy groups -OCH3 is 1. The van der Waals surface area contributed by atoms with Crippen molar-refractivity contribution in [3.63, 3.8) is 0 Å². The van der Waals surface area contributed by atoms with Gasteiger partial charge in [-0.1, -0.05) is 6.07 Å². The van der Waals surface area contributed by atoms with Crippen LogP contribution in [0.25, 0.3) is 0 Å². The quantitative estimate of drug-likeness (QED) is 0.633. The van der Waals surface area contributed by atoms with Gasteiger partial charge in [0.25, 0.3) is 0 Å². The summed E-state index contributed by atoms with van der Waals surface area (Å²) in [6.45, 7) is 2.23. The zero-order valence-corrected chi connectivity index (χ0v) is 9.60. The molecule has 0 amide bonds. The van der Waals surface area contributed by atoms with Crippen molar-refractivity contribution in [2.75, 3.05) is 20.3 Å². The molecule has 1 heterocycles. The Balaban J connectivity index is 2.37. The summed E-state index contributed by atoms with van der Waals surface area (Å²) in [6, 6.07) is 3.67. The van der Waals surface area contributed by atoms with Crippen LogP contribution in [0.5, 0.6) is 5.88 Å². The molecule has 0 aliphatic carbocycles. The molecule has 1 aromatic heterocycles. The van der Waals surface area contributed by atoms with Gasteiger partial charge < -0.3 is 20.3 Å². The van der Waals surface area contributed by atoms with Crippen LogP contribution in [0.4, 0.5) is 0 Å². The van der Waals surface area contributed by atoms with Gasteiger partial charge in [0.15, 0.2) is 0 Å². The van der Waals surface area contributed by atoms with Gasteiger partial charge in [0.2, 0.25) is 5.88 Å². The Morgan fingerprint density at radius 2 is 2.25 bits per heavy atom. The van der Waals surface area contributed by atoms with Crippen molar-refractivity contribution in [2.24, 2.45) is 0 Å². The van der Waals surface area contributed by atoms with E-state index in [1.165, 1.54) is 0 Å². The summed E-state index contributed by atoms with van der Waals surface area (Å²) in [5, 5.41) is 21.4. The number of aromatic nitrogens is 1. The minimum atomic E-state index is -1.08. The molecule has 5 heteroatoms. The molecular weight excluding hydrogens is 208 g/mol. The number of hydrogen-bond acceptors (Lipinski definition) is 5. The molecule has 0 saturated carbocycles. The minimum Gasteiger partial charge on any atom is -0.481 e. The Kier molecular flexibility index (Phi) is 4.67. The Morgan fingerprint density at radius 1 is 1.50 bits per heavy atom. The summed E-state index contributed by atoms with van der Waals surface area (Å²) in [5.74, 6) is 0.575. The van der Waals surface area contributed by atoms with E-state index in [2.05, 4.69) is 10.3 Å². The molecule has 1 unspecified atom stereocenters. The number of rotatable bonds is 6. The molecule has 0 aromatic carbocycles. The third kappa shape index (κ3) is 4.14. The van der Waals surface area contributed by atoms with Crippen molar-refractivity contribution in [1.82, 2.24) is 10.3 Å². The second-order valence-electron chi connectivity index (χ2n) is 3.97. The number of hydrogen-bond donors (Lipinski definition) is 3. The maximum Gasteiger partial charge on any atom is 0.212 e. The first-order chi connectivity index (χ1) is 7.57. The molecule has 16 heavy (non-hydrogen) atoms. The topological polar surface area (TPSA) is 74.6 Å². The van der Waals surface area contributed by atoms with Gasteiger partial charge in [0, 0.05) is 25.4 Å². The zero-order chi connectivity index (χ0) is 12.0. The molecular formula is C11H18N2O3. The molecule has 5 nitrogen and oxygen atoms in total. The van der Waals surface area contributed by atoms with Crippen LogP contribution < -0.4 is 10.1 Å². The van der Waals surface area contributed by atoms with Gasteiger partial charge in [-0.25, -0.2) is 4.98 Å². The number of aliphatic hydroxyl groups is 2. The molecule has 3 N–H and O–H groups in total. The van der Waals surface area contributed by atoms with Gasteiger partial charge in [-0.3, -0.25) is 0 Å². The fourth-order valence-corrected chi connectivity index (χ4v) is 1.17. The lowest BCUT2D eigenvalue weighted by atomic mass is 10.1. The number of pyridine rings is 1. The predicted octanol–water partition coefficient (Wildman–Crippen LogP) is -0.0769. The average Bonchev–Trinajstić information content (AvgIpc) is 2.30. The van der Waals surface area contributed by atoms with Crippen molar-refractivity contribution in [3.8, 4) is 5.88 Å². The molecule has 0 radical (unpaired) electrons. The molecule has 1 rings (SSSR count). The largest absolute Gasteiger partial charge is 0.481 e. The van der Waals surface area contributed by atoms with Crippen LogP contribution in [0.15, 0.2) is 18.3 Å². The van der Waals surface area contributed by atoms with Crippen LogP contribution >= 0.6 is 0 Å². The third-order valence-electron chi connectivity index (χ3n) is 2.18. The maximum absolute atomic E-state index is 9.54. The fraction of sp³-hybridized carbons (Fsp3) is 0.545. The van der Waals surface area contributed by atoms with Crippen molar-refractivity contribution in [3.05, 3.63) is 23.9 Å². The van der Waals surface area contributed by atoms with E-state index in [0.717, 1.165) is 5.56 Å². The highest BCUT2D eigenvalue weighted by Crippen LogP contribution is 2.06. The first-order valence-corrected chi connectivity index (χ1v) is 5.10.